The lowest BCUT2D eigenvalue weighted by Gasteiger charge is -2.16. The highest BCUT2D eigenvalue weighted by Crippen LogP contribution is 2.28. The quantitative estimate of drug-likeness (QED) is 0.375. The number of hydrazine groups is 1. The third-order valence-electron chi connectivity index (χ3n) is 3.92. The van der Waals surface area contributed by atoms with E-state index in [-0.39, 0.29) is 11.7 Å². The second-order valence-corrected chi connectivity index (χ2v) is 6.38. The van der Waals surface area contributed by atoms with E-state index >= 15 is 0 Å². The number of carbonyl (C=O) groups excluding carboxylic acids is 2. The molecule has 0 bridgehead atoms. The number of hydrogen-bond donors (Lipinski definition) is 3. The molecule has 2 amide bonds. The molecule has 0 aliphatic rings. The lowest BCUT2D eigenvalue weighted by molar-refractivity contribution is -0.123. The van der Waals surface area contributed by atoms with Crippen LogP contribution in [0.5, 0.6) is 5.75 Å². The Labute approximate surface area is 169 Å². The summed E-state index contributed by atoms with van der Waals surface area (Å²) >= 11 is 4.96. The minimum Gasteiger partial charge on any atom is -0.483 e. The standard InChI is InChI=1S/C20H23N3O4S/c1-3-14(2)16-8-4-5-9-17(16)27-13-19(25)22-23-20(28)21-18(24)11-10-15-7-6-12-26-15/h4-12,14H,3,13H2,1-2H3,(H,22,25)(H2,21,23,24,28)/b11-10+. The SMILES string of the molecule is CCC(C)c1ccccc1OCC(=O)NNC(=S)NC(=O)/C=C/c1ccco1. The number of rotatable bonds is 7. The molecule has 0 spiro atoms. The number of amides is 2. The van der Waals surface area contributed by atoms with Crippen molar-refractivity contribution >= 4 is 35.2 Å². The van der Waals surface area contributed by atoms with Gasteiger partial charge in [0.1, 0.15) is 11.5 Å². The molecule has 0 aliphatic heterocycles. The first-order valence-corrected chi connectivity index (χ1v) is 9.23. The molecule has 1 aromatic carbocycles. The topological polar surface area (TPSA) is 92.6 Å². The molecular weight excluding hydrogens is 378 g/mol. The van der Waals surface area contributed by atoms with Gasteiger partial charge in [0.15, 0.2) is 11.7 Å². The maximum Gasteiger partial charge on any atom is 0.276 e. The molecule has 2 aromatic rings. The van der Waals surface area contributed by atoms with Gasteiger partial charge in [-0.3, -0.25) is 25.8 Å². The van der Waals surface area contributed by atoms with E-state index in [4.69, 9.17) is 21.4 Å². The molecule has 28 heavy (non-hydrogen) atoms. The van der Waals surface area contributed by atoms with Gasteiger partial charge in [0.05, 0.1) is 6.26 Å². The van der Waals surface area contributed by atoms with Gasteiger partial charge in [-0.05, 0) is 54.4 Å². The van der Waals surface area contributed by atoms with Gasteiger partial charge in [0.25, 0.3) is 5.91 Å². The minimum atomic E-state index is -0.457. The van der Waals surface area contributed by atoms with Gasteiger partial charge >= 0.3 is 0 Å². The van der Waals surface area contributed by atoms with Crippen LogP contribution < -0.4 is 20.9 Å². The van der Waals surface area contributed by atoms with Crippen LogP contribution in [0, 0.1) is 0 Å². The van der Waals surface area contributed by atoms with Gasteiger partial charge in [-0.25, -0.2) is 0 Å². The number of nitrogens with one attached hydrogen (secondary N) is 3. The smallest absolute Gasteiger partial charge is 0.276 e. The van der Waals surface area contributed by atoms with Crippen molar-refractivity contribution in [1.29, 1.82) is 0 Å². The van der Waals surface area contributed by atoms with Crippen LogP contribution in [0.25, 0.3) is 6.08 Å². The maximum atomic E-state index is 11.9. The average Bonchev–Trinajstić information content (AvgIpc) is 3.22. The summed E-state index contributed by atoms with van der Waals surface area (Å²) in [7, 11) is 0. The van der Waals surface area contributed by atoms with E-state index in [1.54, 1.807) is 12.1 Å². The number of benzene rings is 1. The summed E-state index contributed by atoms with van der Waals surface area (Å²) in [5, 5.41) is 2.36. The molecule has 8 heteroatoms. The van der Waals surface area contributed by atoms with Crippen molar-refractivity contribution < 1.29 is 18.7 Å². The second kappa shape index (κ2) is 10.9. The van der Waals surface area contributed by atoms with E-state index in [0.29, 0.717) is 17.4 Å². The van der Waals surface area contributed by atoms with E-state index < -0.39 is 11.8 Å². The van der Waals surface area contributed by atoms with Crippen molar-refractivity contribution in [2.75, 3.05) is 6.61 Å². The fourth-order valence-corrected chi connectivity index (χ4v) is 2.43. The Morgan fingerprint density at radius 3 is 2.71 bits per heavy atom. The van der Waals surface area contributed by atoms with Gasteiger partial charge in [-0.15, -0.1) is 0 Å². The molecule has 1 atom stereocenters. The molecule has 0 radical (unpaired) electrons. The molecule has 0 fully saturated rings. The van der Waals surface area contributed by atoms with Crippen LogP contribution >= 0.6 is 12.2 Å². The molecule has 148 valence electrons. The molecule has 1 unspecified atom stereocenters. The van der Waals surface area contributed by atoms with Crippen LogP contribution in [0.4, 0.5) is 0 Å². The van der Waals surface area contributed by atoms with E-state index in [9.17, 15) is 9.59 Å². The fourth-order valence-electron chi connectivity index (χ4n) is 2.27. The van der Waals surface area contributed by atoms with Crippen LogP contribution in [-0.4, -0.2) is 23.5 Å². The van der Waals surface area contributed by atoms with Crippen molar-refractivity contribution in [3.05, 3.63) is 60.1 Å². The summed E-state index contributed by atoms with van der Waals surface area (Å²) in [6.07, 6.45) is 5.24. The van der Waals surface area contributed by atoms with Gasteiger partial charge < -0.3 is 9.15 Å². The molecular formula is C20H23N3O4S. The highest BCUT2D eigenvalue weighted by molar-refractivity contribution is 7.80. The summed E-state index contributed by atoms with van der Waals surface area (Å²) in [5.74, 6) is 0.654. The molecule has 1 heterocycles. The van der Waals surface area contributed by atoms with Crippen LogP contribution in [0.3, 0.4) is 0 Å². The van der Waals surface area contributed by atoms with Crippen molar-refractivity contribution in [1.82, 2.24) is 16.2 Å². The van der Waals surface area contributed by atoms with Crippen LogP contribution in [0.15, 0.2) is 53.2 Å². The number of carbonyl (C=O) groups is 2. The zero-order valence-electron chi connectivity index (χ0n) is 15.7. The maximum absolute atomic E-state index is 11.9. The highest BCUT2D eigenvalue weighted by atomic mass is 32.1. The molecule has 3 N–H and O–H groups in total. The summed E-state index contributed by atoms with van der Waals surface area (Å²) in [6, 6.07) is 11.0. The van der Waals surface area contributed by atoms with E-state index in [0.717, 1.165) is 12.0 Å². The summed E-state index contributed by atoms with van der Waals surface area (Å²) < 4.78 is 10.7. The van der Waals surface area contributed by atoms with E-state index in [2.05, 4.69) is 30.0 Å². The third-order valence-corrected chi connectivity index (χ3v) is 4.12. The van der Waals surface area contributed by atoms with Crippen LogP contribution in [-0.2, 0) is 9.59 Å². The van der Waals surface area contributed by atoms with Crippen LogP contribution in [0.1, 0.15) is 37.5 Å². The second-order valence-electron chi connectivity index (χ2n) is 5.98. The van der Waals surface area contributed by atoms with E-state index in [1.165, 1.54) is 18.4 Å². The van der Waals surface area contributed by atoms with E-state index in [1.807, 2.05) is 24.3 Å². The molecule has 0 aliphatic carbocycles. The minimum absolute atomic E-state index is 0.0394. The molecule has 7 nitrogen and oxygen atoms in total. The zero-order chi connectivity index (χ0) is 20.4. The predicted octanol–water partition coefficient (Wildman–Crippen LogP) is 2.91. The number of hydrogen-bond acceptors (Lipinski definition) is 5. The lowest BCUT2D eigenvalue weighted by Crippen LogP contribution is -2.49. The first-order chi connectivity index (χ1) is 13.5. The molecule has 0 saturated carbocycles. The Balaban J connectivity index is 1.73. The highest BCUT2D eigenvalue weighted by Gasteiger charge is 2.11. The monoisotopic (exact) mass is 401 g/mol. The number of thiocarbonyl (C=S) groups is 1. The largest absolute Gasteiger partial charge is 0.483 e. The summed E-state index contributed by atoms with van der Waals surface area (Å²) in [4.78, 5) is 23.7. The van der Waals surface area contributed by atoms with Gasteiger partial charge in [0.2, 0.25) is 5.91 Å². The van der Waals surface area contributed by atoms with Crippen molar-refractivity contribution in [3.63, 3.8) is 0 Å². The van der Waals surface area contributed by atoms with Gasteiger partial charge in [-0.1, -0.05) is 32.0 Å². The Bertz CT molecular complexity index is 834. The Morgan fingerprint density at radius 2 is 2.00 bits per heavy atom. The lowest BCUT2D eigenvalue weighted by atomic mass is 9.98. The number of para-hydroxylation sites is 1. The first kappa shape index (κ1) is 21.2. The van der Waals surface area contributed by atoms with Crippen molar-refractivity contribution in [3.8, 4) is 5.75 Å². The first-order valence-electron chi connectivity index (χ1n) is 8.82. The zero-order valence-corrected chi connectivity index (χ0v) is 16.5. The molecule has 1 aromatic heterocycles. The fraction of sp³-hybridized carbons (Fsp3) is 0.250. The molecule has 2 rings (SSSR count). The number of furan rings is 1. The third kappa shape index (κ3) is 6.88. The number of ether oxygens (including phenoxy) is 1. The normalized spacial score (nSPS) is 11.6. The Morgan fingerprint density at radius 1 is 1.21 bits per heavy atom. The average molecular weight is 401 g/mol. The van der Waals surface area contributed by atoms with Crippen molar-refractivity contribution in [2.45, 2.75) is 26.2 Å². The predicted molar refractivity (Wildman–Crippen MR) is 110 cm³/mol. The van der Waals surface area contributed by atoms with Gasteiger partial charge in [-0.2, -0.15) is 0 Å². The Kier molecular flexibility index (Phi) is 8.23. The van der Waals surface area contributed by atoms with Crippen LogP contribution in [0.2, 0.25) is 0 Å². The molecule has 0 saturated heterocycles. The van der Waals surface area contributed by atoms with Crippen molar-refractivity contribution in [2.24, 2.45) is 0 Å². The summed E-state index contributed by atoms with van der Waals surface area (Å²) in [6.45, 7) is 4.01. The Hall–Kier alpha value is -3.13. The summed E-state index contributed by atoms with van der Waals surface area (Å²) in [5.41, 5.74) is 5.88. The van der Waals surface area contributed by atoms with Gasteiger partial charge in [0, 0.05) is 6.08 Å².